The molecule has 8 heteroatoms. The quantitative estimate of drug-likeness (QED) is 0.838. The molecule has 1 atom stereocenters. The van der Waals surface area contributed by atoms with Crippen molar-refractivity contribution in [3.8, 4) is 0 Å². The standard InChI is InChI=1S/C13H11ClF3NO3/c1-12(11(20)21,13(15,16)17)18-10(19)7-4-8-2-5-9(14)6-3-8/h2-7H,1H3,(H,18,19)(H,20,21). The summed E-state index contributed by atoms with van der Waals surface area (Å²) >= 11 is 5.65. The maximum atomic E-state index is 12.7. The molecule has 0 heterocycles. The number of hydrogen-bond acceptors (Lipinski definition) is 2. The van der Waals surface area contributed by atoms with Crippen LogP contribution in [0, 0.1) is 0 Å². The van der Waals surface area contributed by atoms with Gasteiger partial charge in [-0.15, -0.1) is 0 Å². The lowest BCUT2D eigenvalue weighted by atomic mass is 10.0. The number of nitrogens with one attached hydrogen (secondary N) is 1. The Morgan fingerprint density at radius 1 is 1.24 bits per heavy atom. The van der Waals surface area contributed by atoms with Gasteiger partial charge in [-0.2, -0.15) is 13.2 Å². The normalized spacial score (nSPS) is 14.7. The molecule has 114 valence electrons. The highest BCUT2D eigenvalue weighted by Crippen LogP contribution is 2.30. The molecule has 0 spiro atoms. The lowest BCUT2D eigenvalue weighted by molar-refractivity contribution is -0.206. The van der Waals surface area contributed by atoms with Gasteiger partial charge in [0.15, 0.2) is 0 Å². The molecule has 0 aliphatic rings. The molecule has 1 unspecified atom stereocenters. The zero-order valence-corrected chi connectivity index (χ0v) is 11.5. The molecule has 0 aliphatic heterocycles. The molecule has 1 rings (SSSR count). The number of carboxylic acid groups (broad SMARTS) is 1. The predicted octanol–water partition coefficient (Wildman–Crippen LogP) is 2.88. The van der Waals surface area contributed by atoms with Crippen molar-refractivity contribution in [2.24, 2.45) is 0 Å². The van der Waals surface area contributed by atoms with Crippen LogP contribution in [0.2, 0.25) is 5.02 Å². The SMILES string of the molecule is CC(NC(=O)C=Cc1ccc(Cl)cc1)(C(=O)O)C(F)(F)F. The summed E-state index contributed by atoms with van der Waals surface area (Å²) in [5.74, 6) is -3.37. The number of aliphatic carboxylic acids is 1. The van der Waals surface area contributed by atoms with E-state index in [4.69, 9.17) is 16.7 Å². The summed E-state index contributed by atoms with van der Waals surface area (Å²) in [6.45, 7) is 0.378. The minimum absolute atomic E-state index is 0.378. The van der Waals surface area contributed by atoms with Gasteiger partial charge in [-0.3, -0.25) is 4.79 Å². The highest BCUT2D eigenvalue weighted by atomic mass is 35.5. The summed E-state index contributed by atoms with van der Waals surface area (Å²) in [7, 11) is 0. The predicted molar refractivity (Wildman–Crippen MR) is 70.7 cm³/mol. The third kappa shape index (κ3) is 4.22. The minimum Gasteiger partial charge on any atom is -0.479 e. The third-order valence-corrected chi connectivity index (χ3v) is 2.92. The van der Waals surface area contributed by atoms with Crippen LogP contribution in [0.1, 0.15) is 12.5 Å². The number of halogens is 4. The first kappa shape index (κ1) is 17.0. The largest absolute Gasteiger partial charge is 0.479 e. The molecule has 0 radical (unpaired) electrons. The minimum atomic E-state index is -5.12. The van der Waals surface area contributed by atoms with E-state index in [0.29, 0.717) is 17.5 Å². The average molecular weight is 322 g/mol. The van der Waals surface area contributed by atoms with Crippen LogP contribution in [-0.4, -0.2) is 28.7 Å². The van der Waals surface area contributed by atoms with Crippen molar-refractivity contribution in [3.05, 3.63) is 40.9 Å². The van der Waals surface area contributed by atoms with Crippen molar-refractivity contribution in [2.75, 3.05) is 0 Å². The topological polar surface area (TPSA) is 66.4 Å². The van der Waals surface area contributed by atoms with Crippen LogP contribution < -0.4 is 5.32 Å². The monoisotopic (exact) mass is 321 g/mol. The maximum Gasteiger partial charge on any atom is 0.422 e. The van der Waals surface area contributed by atoms with E-state index in [-0.39, 0.29) is 0 Å². The van der Waals surface area contributed by atoms with E-state index < -0.39 is 23.6 Å². The van der Waals surface area contributed by atoms with Crippen LogP contribution in [0.15, 0.2) is 30.3 Å². The number of amides is 1. The fourth-order valence-corrected chi connectivity index (χ4v) is 1.41. The first-order valence-electron chi connectivity index (χ1n) is 5.62. The molecule has 0 aromatic heterocycles. The lowest BCUT2D eigenvalue weighted by Gasteiger charge is -2.27. The molecular formula is C13H11ClF3NO3. The summed E-state index contributed by atoms with van der Waals surface area (Å²) in [6, 6.07) is 6.17. The second kappa shape index (κ2) is 6.17. The molecule has 0 bridgehead atoms. The molecule has 0 aliphatic carbocycles. The molecule has 1 aromatic rings. The number of carbonyl (C=O) groups is 2. The van der Waals surface area contributed by atoms with Crippen molar-refractivity contribution >= 4 is 29.6 Å². The van der Waals surface area contributed by atoms with E-state index in [0.717, 1.165) is 6.08 Å². The maximum absolute atomic E-state index is 12.7. The van der Waals surface area contributed by atoms with Crippen molar-refractivity contribution < 1.29 is 27.9 Å². The zero-order chi connectivity index (χ0) is 16.3. The van der Waals surface area contributed by atoms with E-state index >= 15 is 0 Å². The van der Waals surface area contributed by atoms with Gasteiger partial charge in [0.1, 0.15) is 0 Å². The summed E-state index contributed by atoms with van der Waals surface area (Å²) in [6.07, 6.45) is -3.07. The molecule has 1 aromatic carbocycles. The molecular weight excluding hydrogens is 311 g/mol. The summed E-state index contributed by atoms with van der Waals surface area (Å²) in [5, 5.41) is 10.6. The highest BCUT2D eigenvalue weighted by molar-refractivity contribution is 6.30. The highest BCUT2D eigenvalue weighted by Gasteiger charge is 2.58. The molecule has 1 amide bonds. The Balaban J connectivity index is 2.85. The number of rotatable bonds is 4. The molecule has 0 saturated carbocycles. The Kier molecular flexibility index (Phi) is 5.01. The van der Waals surface area contributed by atoms with Crippen molar-refractivity contribution in [2.45, 2.75) is 18.6 Å². The number of alkyl halides is 3. The van der Waals surface area contributed by atoms with Gasteiger partial charge >= 0.3 is 12.1 Å². The van der Waals surface area contributed by atoms with E-state index in [9.17, 15) is 22.8 Å². The van der Waals surface area contributed by atoms with Gasteiger partial charge < -0.3 is 10.4 Å². The number of hydrogen-bond donors (Lipinski definition) is 2. The van der Waals surface area contributed by atoms with Crippen LogP contribution in [0.5, 0.6) is 0 Å². The zero-order valence-electron chi connectivity index (χ0n) is 10.7. The van der Waals surface area contributed by atoms with Crippen molar-refractivity contribution in [1.82, 2.24) is 5.32 Å². The van der Waals surface area contributed by atoms with E-state index in [1.807, 2.05) is 0 Å². The fraction of sp³-hybridized carbons (Fsp3) is 0.231. The van der Waals surface area contributed by atoms with Gasteiger partial charge in [0.25, 0.3) is 0 Å². The Bertz CT molecular complexity index is 569. The Morgan fingerprint density at radius 3 is 2.19 bits per heavy atom. The number of carbonyl (C=O) groups excluding carboxylic acids is 1. The van der Waals surface area contributed by atoms with E-state index in [1.54, 1.807) is 12.1 Å². The number of carboxylic acids is 1. The van der Waals surface area contributed by atoms with Gasteiger partial charge in [0.05, 0.1) is 0 Å². The second-order valence-electron chi connectivity index (χ2n) is 4.30. The Hall–Kier alpha value is -2.02. The van der Waals surface area contributed by atoms with E-state index in [1.165, 1.54) is 23.5 Å². The van der Waals surface area contributed by atoms with Gasteiger partial charge in [-0.1, -0.05) is 23.7 Å². The smallest absolute Gasteiger partial charge is 0.422 e. The molecule has 4 nitrogen and oxygen atoms in total. The van der Waals surface area contributed by atoms with Crippen LogP contribution in [0.3, 0.4) is 0 Å². The van der Waals surface area contributed by atoms with Crippen LogP contribution in [-0.2, 0) is 9.59 Å². The van der Waals surface area contributed by atoms with Gasteiger partial charge in [0.2, 0.25) is 11.4 Å². The fourth-order valence-electron chi connectivity index (χ4n) is 1.28. The molecule has 21 heavy (non-hydrogen) atoms. The van der Waals surface area contributed by atoms with Gasteiger partial charge in [0, 0.05) is 11.1 Å². The first-order valence-corrected chi connectivity index (χ1v) is 6.00. The third-order valence-electron chi connectivity index (χ3n) is 2.67. The molecule has 2 N–H and O–H groups in total. The molecule has 0 fully saturated rings. The summed E-state index contributed by atoms with van der Waals surface area (Å²) in [4.78, 5) is 22.2. The van der Waals surface area contributed by atoms with Gasteiger partial charge in [-0.05, 0) is 30.7 Å². The Labute approximate surface area is 123 Å². The van der Waals surface area contributed by atoms with Crippen molar-refractivity contribution in [1.29, 1.82) is 0 Å². The summed E-state index contributed by atoms with van der Waals surface area (Å²) < 4.78 is 38.1. The summed E-state index contributed by atoms with van der Waals surface area (Å²) in [5.41, 5.74) is -2.83. The van der Waals surface area contributed by atoms with Gasteiger partial charge in [-0.25, -0.2) is 4.79 Å². The Morgan fingerprint density at radius 2 is 1.76 bits per heavy atom. The first-order chi connectivity index (χ1) is 9.56. The average Bonchev–Trinajstić information content (AvgIpc) is 2.36. The lowest BCUT2D eigenvalue weighted by Crippen LogP contribution is -2.61. The van der Waals surface area contributed by atoms with Crippen molar-refractivity contribution in [3.63, 3.8) is 0 Å². The molecule has 0 saturated heterocycles. The van der Waals surface area contributed by atoms with E-state index in [2.05, 4.69) is 0 Å². The van der Waals surface area contributed by atoms with Crippen LogP contribution in [0.25, 0.3) is 6.08 Å². The number of benzene rings is 1. The second-order valence-corrected chi connectivity index (χ2v) is 4.74. The van der Waals surface area contributed by atoms with Crippen LogP contribution in [0.4, 0.5) is 13.2 Å². The van der Waals surface area contributed by atoms with Crippen LogP contribution >= 0.6 is 11.6 Å².